The molecule has 8 nitrogen and oxygen atoms in total. The number of aliphatic hydroxyl groups excluding tert-OH is 1. The van der Waals surface area contributed by atoms with Crippen molar-refractivity contribution in [3.8, 4) is 0 Å². The van der Waals surface area contributed by atoms with E-state index in [0.29, 0.717) is 19.3 Å². The van der Waals surface area contributed by atoms with Crippen molar-refractivity contribution in [2.75, 3.05) is 0 Å². The minimum Gasteiger partial charge on any atom is -0.481 e. The lowest BCUT2D eigenvalue weighted by atomic mass is 9.40. The van der Waals surface area contributed by atoms with Crippen LogP contribution in [0.2, 0.25) is 0 Å². The van der Waals surface area contributed by atoms with Gasteiger partial charge in [-0.2, -0.15) is 0 Å². The molecule has 3 fully saturated rings. The predicted molar refractivity (Wildman–Crippen MR) is 137 cm³/mol. The average Bonchev–Trinajstić information content (AvgIpc) is 3.48. The number of carboxylic acids is 1. The van der Waals surface area contributed by atoms with Gasteiger partial charge in [0.2, 0.25) is 0 Å². The van der Waals surface area contributed by atoms with E-state index in [1.807, 2.05) is 20.8 Å². The summed E-state index contributed by atoms with van der Waals surface area (Å²) in [4.78, 5) is 51.1. The SMILES string of the molecule is CC(CC(=O)CC(C)(O)C1=CC(O)C2(C)C1(C)C(=O)C=C1C3(C)CCC(=O)C(C)(C)C3CC3OC132)C(=O)O. The van der Waals surface area contributed by atoms with E-state index < -0.39 is 56.6 Å². The largest absolute Gasteiger partial charge is 0.481 e. The van der Waals surface area contributed by atoms with Crippen molar-refractivity contribution in [2.24, 2.45) is 33.5 Å². The summed E-state index contributed by atoms with van der Waals surface area (Å²) in [6.07, 6.45) is 2.80. The lowest BCUT2D eigenvalue weighted by Gasteiger charge is -2.60. The molecule has 5 aliphatic rings. The summed E-state index contributed by atoms with van der Waals surface area (Å²) in [7, 11) is 0. The van der Waals surface area contributed by atoms with Gasteiger partial charge in [-0.15, -0.1) is 0 Å². The normalized spacial score (nSPS) is 44.9. The molecule has 208 valence electrons. The highest BCUT2D eigenvalue weighted by molar-refractivity contribution is 6.02. The number of fused-ring (bicyclic) bond motifs is 3. The highest BCUT2D eigenvalue weighted by atomic mass is 16.6. The number of rotatable bonds is 6. The topological polar surface area (TPSA) is 141 Å². The molecular weight excluding hydrogens is 488 g/mol. The Morgan fingerprint density at radius 2 is 1.82 bits per heavy atom. The first-order valence-electron chi connectivity index (χ1n) is 13.7. The van der Waals surface area contributed by atoms with E-state index in [2.05, 4.69) is 6.92 Å². The molecule has 1 heterocycles. The zero-order valence-corrected chi connectivity index (χ0v) is 23.4. The van der Waals surface area contributed by atoms with Crippen LogP contribution in [0.5, 0.6) is 0 Å². The van der Waals surface area contributed by atoms with Gasteiger partial charge in [0.15, 0.2) is 5.78 Å². The number of carbonyl (C=O) groups is 4. The van der Waals surface area contributed by atoms with Gasteiger partial charge in [0.05, 0.1) is 29.1 Å². The third-order valence-electron chi connectivity index (χ3n) is 11.5. The standard InChI is InChI=1S/C30H40O8/c1-15(24(35)36)10-16(31)14-27(5,37)19-12-22(34)29(7)28(19,6)21(33)11-18-26(4)9-8-20(32)25(2,3)17(26)13-23-30(18,29)38-23/h11-12,15,17,22-23,34,37H,8-10,13-14H2,1-7H3,(H,35,36). The Hall–Kier alpha value is -2.16. The fourth-order valence-electron chi connectivity index (χ4n) is 9.05. The van der Waals surface area contributed by atoms with Crippen LogP contribution in [0.15, 0.2) is 23.3 Å². The smallest absolute Gasteiger partial charge is 0.306 e. The van der Waals surface area contributed by atoms with Crippen LogP contribution >= 0.6 is 0 Å². The summed E-state index contributed by atoms with van der Waals surface area (Å²) < 4.78 is 6.54. The molecule has 1 aliphatic heterocycles. The number of hydrogen-bond donors (Lipinski definition) is 3. The lowest BCUT2D eigenvalue weighted by Crippen LogP contribution is -2.66. The van der Waals surface area contributed by atoms with E-state index in [1.54, 1.807) is 13.0 Å². The van der Waals surface area contributed by atoms with Gasteiger partial charge in [0.25, 0.3) is 0 Å². The number of carbonyl (C=O) groups excluding carboxylic acids is 3. The molecule has 1 saturated heterocycles. The Kier molecular flexibility index (Phi) is 5.58. The molecule has 0 aromatic heterocycles. The zero-order valence-electron chi connectivity index (χ0n) is 23.4. The van der Waals surface area contributed by atoms with Crippen LogP contribution in [0.25, 0.3) is 0 Å². The molecule has 1 spiro atoms. The first-order valence-corrected chi connectivity index (χ1v) is 13.7. The molecule has 5 rings (SSSR count). The van der Waals surface area contributed by atoms with Gasteiger partial charge in [-0.3, -0.25) is 19.2 Å². The quantitative estimate of drug-likeness (QED) is 0.353. The van der Waals surface area contributed by atoms with Crippen molar-refractivity contribution >= 4 is 23.3 Å². The van der Waals surface area contributed by atoms with Crippen molar-refractivity contribution in [2.45, 2.75) is 104 Å². The molecule has 2 saturated carbocycles. The fraction of sp³-hybridized carbons (Fsp3) is 0.733. The van der Waals surface area contributed by atoms with Gasteiger partial charge in [-0.1, -0.05) is 40.7 Å². The van der Waals surface area contributed by atoms with Crippen LogP contribution in [0.1, 0.15) is 80.6 Å². The molecule has 0 aromatic rings. The fourth-order valence-corrected chi connectivity index (χ4v) is 9.05. The number of allylic oxidation sites excluding steroid dienone is 1. The minimum atomic E-state index is -1.77. The lowest BCUT2D eigenvalue weighted by molar-refractivity contribution is -0.147. The third-order valence-corrected chi connectivity index (χ3v) is 11.5. The van der Waals surface area contributed by atoms with Gasteiger partial charge < -0.3 is 20.1 Å². The summed E-state index contributed by atoms with van der Waals surface area (Å²) in [5, 5.41) is 32.5. The molecule has 0 bridgehead atoms. The van der Waals surface area contributed by atoms with Crippen molar-refractivity contribution < 1.29 is 39.2 Å². The molecule has 0 amide bonds. The maximum absolute atomic E-state index is 14.2. The minimum absolute atomic E-state index is 0.00758. The maximum Gasteiger partial charge on any atom is 0.306 e. The Labute approximate surface area is 223 Å². The van der Waals surface area contributed by atoms with Crippen molar-refractivity contribution in [1.29, 1.82) is 0 Å². The van der Waals surface area contributed by atoms with Gasteiger partial charge >= 0.3 is 5.97 Å². The van der Waals surface area contributed by atoms with Crippen molar-refractivity contribution in [3.05, 3.63) is 23.3 Å². The number of ketones is 3. The van der Waals surface area contributed by atoms with Crippen molar-refractivity contribution in [3.63, 3.8) is 0 Å². The van der Waals surface area contributed by atoms with Gasteiger partial charge in [-0.05, 0) is 55.2 Å². The Morgan fingerprint density at radius 1 is 1.18 bits per heavy atom. The van der Waals surface area contributed by atoms with Gasteiger partial charge in [0.1, 0.15) is 17.2 Å². The monoisotopic (exact) mass is 528 g/mol. The summed E-state index contributed by atoms with van der Waals surface area (Å²) in [5.74, 6) is -2.48. The molecule has 8 heteroatoms. The molecule has 9 atom stereocenters. The maximum atomic E-state index is 14.2. The number of aliphatic hydroxyl groups is 2. The van der Waals surface area contributed by atoms with Crippen LogP contribution in [-0.4, -0.2) is 62.0 Å². The molecule has 4 aliphatic carbocycles. The number of aliphatic carboxylic acids is 1. The molecule has 9 unspecified atom stereocenters. The Balaban J connectivity index is 1.57. The van der Waals surface area contributed by atoms with E-state index in [1.165, 1.54) is 19.9 Å². The average molecular weight is 529 g/mol. The summed E-state index contributed by atoms with van der Waals surface area (Å²) in [6.45, 7) is 12.5. The summed E-state index contributed by atoms with van der Waals surface area (Å²) >= 11 is 0. The molecular formula is C30H40O8. The second-order valence-electron chi connectivity index (χ2n) is 13.9. The zero-order chi connectivity index (χ0) is 28.4. The number of carboxylic acid groups (broad SMARTS) is 1. The number of hydrogen-bond acceptors (Lipinski definition) is 7. The Morgan fingerprint density at radius 3 is 2.42 bits per heavy atom. The van der Waals surface area contributed by atoms with Crippen LogP contribution in [0.3, 0.4) is 0 Å². The molecule has 38 heavy (non-hydrogen) atoms. The number of epoxide rings is 1. The molecule has 0 radical (unpaired) electrons. The second-order valence-corrected chi connectivity index (χ2v) is 13.9. The molecule has 3 N–H and O–H groups in total. The van der Waals surface area contributed by atoms with Crippen LogP contribution < -0.4 is 0 Å². The second kappa shape index (κ2) is 7.73. The van der Waals surface area contributed by atoms with E-state index in [-0.39, 0.29) is 42.0 Å². The number of Topliss-reactive ketones (excluding diaryl/α,β-unsaturated/α-hetero) is 2. The predicted octanol–water partition coefficient (Wildman–Crippen LogP) is 3.18. The van der Waals surface area contributed by atoms with Gasteiger partial charge in [0, 0.05) is 30.1 Å². The third kappa shape index (κ3) is 3.02. The van der Waals surface area contributed by atoms with Crippen LogP contribution in [0.4, 0.5) is 0 Å². The van der Waals surface area contributed by atoms with E-state index in [0.717, 1.165) is 5.57 Å². The van der Waals surface area contributed by atoms with Crippen molar-refractivity contribution in [1.82, 2.24) is 0 Å². The van der Waals surface area contributed by atoms with Crippen LogP contribution in [-0.2, 0) is 23.9 Å². The van der Waals surface area contributed by atoms with E-state index in [9.17, 15) is 34.5 Å². The van der Waals surface area contributed by atoms with E-state index >= 15 is 0 Å². The first kappa shape index (κ1) is 27.4. The highest BCUT2D eigenvalue weighted by Gasteiger charge is 2.85. The Bertz CT molecular complexity index is 1220. The van der Waals surface area contributed by atoms with Crippen LogP contribution in [0, 0.1) is 33.5 Å². The summed E-state index contributed by atoms with van der Waals surface area (Å²) in [5.41, 5.74) is -5.09. The van der Waals surface area contributed by atoms with E-state index in [4.69, 9.17) is 4.74 Å². The van der Waals surface area contributed by atoms with Gasteiger partial charge in [-0.25, -0.2) is 0 Å². The molecule has 0 aromatic carbocycles. The summed E-state index contributed by atoms with van der Waals surface area (Å²) in [6, 6.07) is 0. The highest BCUT2D eigenvalue weighted by Crippen LogP contribution is 2.78. The number of ether oxygens (including phenoxy) is 1. The first-order chi connectivity index (χ1) is 17.3.